The number of nitrogens with one attached hydrogen (secondary N) is 2. The van der Waals surface area contributed by atoms with E-state index in [1.54, 1.807) is 0 Å². The molecular weight excluding hydrogens is 322 g/mol. The Morgan fingerprint density at radius 3 is 2.73 bits per heavy atom. The Hall–Kier alpha value is -2.20. The van der Waals surface area contributed by atoms with Crippen LogP contribution in [0.3, 0.4) is 0 Å². The molecule has 1 heterocycles. The molecule has 2 aromatic rings. The van der Waals surface area contributed by atoms with Crippen LogP contribution >= 0.6 is 0 Å². The first-order valence-electron chi connectivity index (χ1n) is 9.79. The van der Waals surface area contributed by atoms with Crippen molar-refractivity contribution in [2.75, 3.05) is 6.54 Å². The van der Waals surface area contributed by atoms with E-state index in [9.17, 15) is 4.79 Å². The fourth-order valence-electron chi connectivity index (χ4n) is 3.85. The summed E-state index contributed by atoms with van der Waals surface area (Å²) in [5.74, 6) is 0.619. The number of pyridine rings is 1. The number of amides is 1. The maximum absolute atomic E-state index is 12.1. The Kier molecular flexibility index (Phi) is 6.78. The maximum atomic E-state index is 12.1. The molecule has 1 unspecified atom stereocenters. The van der Waals surface area contributed by atoms with Crippen LogP contribution in [0.15, 0.2) is 48.7 Å². The molecule has 4 heteroatoms. The number of nitrogens with zero attached hydrogens (tertiary/aromatic N) is 1. The van der Waals surface area contributed by atoms with Crippen molar-refractivity contribution in [3.05, 3.63) is 65.5 Å². The minimum atomic E-state index is -0.0112. The summed E-state index contributed by atoms with van der Waals surface area (Å²) < 4.78 is 0. The lowest BCUT2D eigenvalue weighted by molar-refractivity contribution is 0.0955. The van der Waals surface area contributed by atoms with Crippen LogP contribution in [0.5, 0.6) is 0 Å². The van der Waals surface area contributed by atoms with E-state index in [-0.39, 0.29) is 11.9 Å². The summed E-state index contributed by atoms with van der Waals surface area (Å²) in [6.45, 7) is 3.32. The van der Waals surface area contributed by atoms with Crippen molar-refractivity contribution in [1.29, 1.82) is 0 Å². The summed E-state index contributed by atoms with van der Waals surface area (Å²) >= 11 is 0. The lowest BCUT2D eigenvalue weighted by Gasteiger charge is -2.31. The average Bonchev–Trinajstić information content (AvgIpc) is 2.70. The Morgan fingerprint density at radius 2 is 2.00 bits per heavy atom. The summed E-state index contributed by atoms with van der Waals surface area (Å²) in [5, 5.41) is 6.59. The summed E-state index contributed by atoms with van der Waals surface area (Å²) in [7, 11) is 0. The van der Waals surface area contributed by atoms with Gasteiger partial charge < -0.3 is 10.6 Å². The molecule has 0 spiro atoms. The third-order valence-electron chi connectivity index (χ3n) is 5.18. The van der Waals surface area contributed by atoms with Crippen molar-refractivity contribution in [2.45, 2.75) is 51.6 Å². The summed E-state index contributed by atoms with van der Waals surface area (Å²) in [5.41, 5.74) is 2.97. The molecule has 0 bridgehead atoms. The first-order chi connectivity index (χ1) is 12.8. The first-order valence-corrected chi connectivity index (χ1v) is 9.79. The van der Waals surface area contributed by atoms with Gasteiger partial charge in [-0.1, -0.05) is 37.5 Å². The number of carbonyl (C=O) groups is 1. The number of hydrogen-bond donors (Lipinski definition) is 2. The van der Waals surface area contributed by atoms with E-state index in [4.69, 9.17) is 0 Å². The SMILES string of the molecule is CCNC(=O)c1cccc(CNC(c2ccccn2)C2CCCCC2)c1. The number of aromatic nitrogens is 1. The molecule has 0 radical (unpaired) electrons. The van der Waals surface area contributed by atoms with Gasteiger partial charge in [0.15, 0.2) is 0 Å². The molecule has 1 fully saturated rings. The molecule has 1 saturated carbocycles. The second kappa shape index (κ2) is 9.48. The van der Waals surface area contributed by atoms with Gasteiger partial charge in [-0.15, -0.1) is 0 Å². The molecule has 138 valence electrons. The molecule has 4 nitrogen and oxygen atoms in total. The minimum absolute atomic E-state index is 0.0112. The lowest BCUT2D eigenvalue weighted by atomic mass is 9.82. The lowest BCUT2D eigenvalue weighted by Crippen LogP contribution is -2.30. The predicted molar refractivity (Wildman–Crippen MR) is 105 cm³/mol. The fraction of sp³-hybridized carbons (Fsp3) is 0.455. The Balaban J connectivity index is 1.71. The smallest absolute Gasteiger partial charge is 0.251 e. The molecule has 0 aliphatic heterocycles. The molecule has 2 N–H and O–H groups in total. The van der Waals surface area contributed by atoms with Gasteiger partial charge in [0.1, 0.15) is 0 Å². The quantitative estimate of drug-likeness (QED) is 0.784. The van der Waals surface area contributed by atoms with Crippen molar-refractivity contribution in [3.8, 4) is 0 Å². The van der Waals surface area contributed by atoms with Crippen LogP contribution in [0.25, 0.3) is 0 Å². The molecular formula is C22H29N3O. The predicted octanol–water partition coefficient (Wildman–Crippen LogP) is 4.24. The van der Waals surface area contributed by atoms with Crippen LogP contribution in [0.4, 0.5) is 0 Å². The van der Waals surface area contributed by atoms with Crippen LogP contribution < -0.4 is 10.6 Å². The van der Waals surface area contributed by atoms with Crippen molar-refractivity contribution in [1.82, 2.24) is 15.6 Å². The average molecular weight is 351 g/mol. The van der Waals surface area contributed by atoms with Crippen molar-refractivity contribution < 1.29 is 4.79 Å². The highest BCUT2D eigenvalue weighted by Crippen LogP contribution is 2.33. The second-order valence-corrected chi connectivity index (χ2v) is 7.07. The van der Waals surface area contributed by atoms with Gasteiger partial charge in [-0.3, -0.25) is 9.78 Å². The monoisotopic (exact) mass is 351 g/mol. The van der Waals surface area contributed by atoms with Gasteiger partial charge in [-0.05, 0) is 55.5 Å². The van der Waals surface area contributed by atoms with Gasteiger partial charge >= 0.3 is 0 Å². The molecule has 1 aliphatic carbocycles. The van der Waals surface area contributed by atoms with Gasteiger partial charge in [0.25, 0.3) is 5.91 Å². The molecule has 3 rings (SSSR count). The van der Waals surface area contributed by atoms with E-state index in [0.29, 0.717) is 12.5 Å². The summed E-state index contributed by atoms with van der Waals surface area (Å²) in [6.07, 6.45) is 8.35. The zero-order valence-electron chi connectivity index (χ0n) is 15.6. The second-order valence-electron chi connectivity index (χ2n) is 7.07. The van der Waals surface area contributed by atoms with E-state index in [0.717, 1.165) is 23.4 Å². The molecule has 1 aliphatic rings. The summed E-state index contributed by atoms with van der Waals surface area (Å²) in [6, 6.07) is 14.3. The van der Waals surface area contributed by atoms with E-state index in [2.05, 4.69) is 33.8 Å². The minimum Gasteiger partial charge on any atom is -0.352 e. The Morgan fingerprint density at radius 1 is 1.15 bits per heavy atom. The Labute approximate surface area is 156 Å². The topological polar surface area (TPSA) is 54.0 Å². The largest absolute Gasteiger partial charge is 0.352 e. The highest BCUT2D eigenvalue weighted by Gasteiger charge is 2.25. The van der Waals surface area contributed by atoms with Crippen LogP contribution in [-0.4, -0.2) is 17.4 Å². The molecule has 26 heavy (non-hydrogen) atoms. The van der Waals surface area contributed by atoms with E-state index in [1.165, 1.54) is 32.1 Å². The number of carbonyl (C=O) groups excluding carboxylic acids is 1. The number of hydrogen-bond acceptors (Lipinski definition) is 3. The molecule has 1 aromatic carbocycles. The normalized spacial score (nSPS) is 16.2. The third-order valence-corrected chi connectivity index (χ3v) is 5.18. The maximum Gasteiger partial charge on any atom is 0.251 e. The summed E-state index contributed by atoms with van der Waals surface area (Å²) in [4.78, 5) is 16.7. The van der Waals surface area contributed by atoms with Crippen LogP contribution in [-0.2, 0) is 6.54 Å². The van der Waals surface area contributed by atoms with Crippen LogP contribution in [0.1, 0.15) is 66.7 Å². The van der Waals surface area contributed by atoms with Gasteiger partial charge in [0, 0.05) is 24.8 Å². The van der Waals surface area contributed by atoms with Crippen molar-refractivity contribution in [2.24, 2.45) is 5.92 Å². The standard InChI is InChI=1S/C22H29N3O/c1-2-23-22(26)19-12-8-9-17(15-19)16-25-21(18-10-4-3-5-11-18)20-13-6-7-14-24-20/h6-9,12-15,18,21,25H,2-5,10-11,16H2,1H3,(H,23,26). The Bertz CT molecular complexity index is 696. The molecule has 1 amide bonds. The molecule has 1 atom stereocenters. The highest BCUT2D eigenvalue weighted by atomic mass is 16.1. The van der Waals surface area contributed by atoms with E-state index >= 15 is 0 Å². The zero-order chi connectivity index (χ0) is 18.2. The van der Waals surface area contributed by atoms with Crippen molar-refractivity contribution in [3.63, 3.8) is 0 Å². The zero-order valence-corrected chi connectivity index (χ0v) is 15.6. The van der Waals surface area contributed by atoms with E-state index in [1.807, 2.05) is 37.4 Å². The fourth-order valence-corrected chi connectivity index (χ4v) is 3.85. The van der Waals surface area contributed by atoms with Crippen LogP contribution in [0.2, 0.25) is 0 Å². The number of rotatable bonds is 7. The van der Waals surface area contributed by atoms with Gasteiger partial charge in [0.2, 0.25) is 0 Å². The van der Waals surface area contributed by atoms with E-state index < -0.39 is 0 Å². The number of benzene rings is 1. The molecule has 1 aromatic heterocycles. The third kappa shape index (κ3) is 4.92. The van der Waals surface area contributed by atoms with Gasteiger partial charge in [-0.25, -0.2) is 0 Å². The highest BCUT2D eigenvalue weighted by molar-refractivity contribution is 5.94. The van der Waals surface area contributed by atoms with Gasteiger partial charge in [-0.2, -0.15) is 0 Å². The first kappa shape index (κ1) is 18.6. The molecule has 0 saturated heterocycles. The van der Waals surface area contributed by atoms with Gasteiger partial charge in [0.05, 0.1) is 11.7 Å². The van der Waals surface area contributed by atoms with Crippen LogP contribution in [0, 0.1) is 5.92 Å². The van der Waals surface area contributed by atoms with Crippen molar-refractivity contribution >= 4 is 5.91 Å².